The fourth-order valence-electron chi connectivity index (χ4n) is 6.46. The maximum absolute atomic E-state index is 12.9. The molecule has 3 N–H and O–H groups in total. The lowest BCUT2D eigenvalue weighted by molar-refractivity contribution is -0.870. The first-order valence-electron chi connectivity index (χ1n) is 22.9. The van der Waals surface area contributed by atoms with Gasteiger partial charge in [0.25, 0.3) is 0 Å². The van der Waals surface area contributed by atoms with Gasteiger partial charge in [-0.05, 0) is 51.4 Å². The Morgan fingerprint density at radius 1 is 0.618 bits per heavy atom. The average molecular weight is 798 g/mol. The van der Waals surface area contributed by atoms with Crippen molar-refractivity contribution in [2.45, 2.75) is 212 Å². The van der Waals surface area contributed by atoms with Gasteiger partial charge >= 0.3 is 7.82 Å². The molecule has 8 nitrogen and oxygen atoms in total. The zero-order valence-electron chi connectivity index (χ0n) is 36.7. The van der Waals surface area contributed by atoms with Crippen LogP contribution in [0.15, 0.2) is 36.5 Å². The van der Waals surface area contributed by atoms with E-state index < -0.39 is 20.0 Å². The van der Waals surface area contributed by atoms with E-state index in [1.165, 1.54) is 109 Å². The number of hydrogen-bond donors (Lipinski definition) is 3. The van der Waals surface area contributed by atoms with Crippen molar-refractivity contribution < 1.29 is 32.9 Å². The molecule has 1 amide bonds. The molecule has 0 saturated heterocycles. The Labute approximate surface area is 340 Å². The normalized spacial score (nSPS) is 14.7. The van der Waals surface area contributed by atoms with Gasteiger partial charge in [-0.3, -0.25) is 13.8 Å². The van der Waals surface area contributed by atoms with E-state index in [0.29, 0.717) is 23.9 Å². The van der Waals surface area contributed by atoms with E-state index in [0.717, 1.165) is 64.2 Å². The highest BCUT2D eigenvalue weighted by atomic mass is 31.2. The van der Waals surface area contributed by atoms with Gasteiger partial charge in [0, 0.05) is 6.42 Å². The van der Waals surface area contributed by atoms with Crippen LogP contribution in [0.2, 0.25) is 0 Å². The molecule has 3 atom stereocenters. The third kappa shape index (κ3) is 40.7. The second-order valence-corrected chi connectivity index (χ2v) is 18.2. The van der Waals surface area contributed by atoms with Crippen LogP contribution in [0, 0.1) is 0 Å². The summed E-state index contributed by atoms with van der Waals surface area (Å²) in [6.45, 7) is 4.85. The number of aliphatic hydroxyl groups excluding tert-OH is 1. The van der Waals surface area contributed by atoms with E-state index >= 15 is 0 Å². The number of quaternary nitrogens is 1. The Bertz CT molecular complexity index is 995. The van der Waals surface area contributed by atoms with Gasteiger partial charge in [-0.1, -0.05) is 179 Å². The van der Waals surface area contributed by atoms with Crippen LogP contribution in [0.4, 0.5) is 0 Å². The monoisotopic (exact) mass is 798 g/mol. The van der Waals surface area contributed by atoms with Crippen molar-refractivity contribution in [1.82, 2.24) is 5.32 Å². The van der Waals surface area contributed by atoms with Crippen LogP contribution in [0.1, 0.15) is 200 Å². The largest absolute Gasteiger partial charge is 0.472 e. The Balaban J connectivity index is 4.34. The Morgan fingerprint density at radius 3 is 1.51 bits per heavy atom. The molecule has 3 unspecified atom stereocenters. The predicted octanol–water partition coefficient (Wildman–Crippen LogP) is 12.7. The van der Waals surface area contributed by atoms with Crippen LogP contribution >= 0.6 is 7.82 Å². The molecule has 0 rings (SSSR count). The summed E-state index contributed by atoms with van der Waals surface area (Å²) in [5, 5.41) is 13.9. The van der Waals surface area contributed by atoms with E-state index in [2.05, 4.69) is 55.6 Å². The zero-order chi connectivity index (χ0) is 40.7. The number of likely N-dealkylation sites (N-methyl/N-ethyl adjacent to an activating group) is 1. The van der Waals surface area contributed by atoms with E-state index in [9.17, 15) is 19.4 Å². The van der Waals surface area contributed by atoms with Gasteiger partial charge in [-0.25, -0.2) is 4.57 Å². The molecule has 9 heteroatoms. The Kier molecular flexibility index (Phi) is 37.4. The molecule has 0 spiro atoms. The molecule has 0 aliphatic rings. The molecule has 0 aromatic carbocycles. The van der Waals surface area contributed by atoms with Gasteiger partial charge in [-0.15, -0.1) is 0 Å². The predicted molar refractivity (Wildman–Crippen MR) is 235 cm³/mol. The number of nitrogens with one attached hydrogen (secondary N) is 1. The topological polar surface area (TPSA) is 105 Å². The number of phosphoric acid groups is 1. The first-order chi connectivity index (χ1) is 26.5. The highest BCUT2D eigenvalue weighted by Crippen LogP contribution is 2.43. The summed E-state index contributed by atoms with van der Waals surface area (Å²) in [4.78, 5) is 23.1. The molecule has 324 valence electrons. The number of phosphoric ester groups is 1. The van der Waals surface area contributed by atoms with Crippen molar-refractivity contribution in [3.8, 4) is 0 Å². The van der Waals surface area contributed by atoms with Crippen molar-refractivity contribution in [3.05, 3.63) is 36.5 Å². The minimum absolute atomic E-state index is 0.0711. The number of rotatable bonds is 41. The quantitative estimate of drug-likeness (QED) is 0.0246. The average Bonchev–Trinajstić information content (AvgIpc) is 3.13. The van der Waals surface area contributed by atoms with Crippen LogP contribution in [-0.2, 0) is 18.4 Å². The second kappa shape index (κ2) is 38.2. The molecule has 0 aromatic rings. The summed E-state index contributed by atoms with van der Waals surface area (Å²) < 4.78 is 23.6. The highest BCUT2D eigenvalue weighted by Gasteiger charge is 2.28. The molecular formula is C46H90N2O6P+. The second-order valence-electron chi connectivity index (χ2n) is 16.8. The molecule has 0 fully saturated rings. The lowest BCUT2D eigenvalue weighted by Gasteiger charge is -2.26. The molecule has 0 aliphatic heterocycles. The molecule has 0 aliphatic carbocycles. The van der Waals surface area contributed by atoms with Crippen LogP contribution in [0.3, 0.4) is 0 Å². The van der Waals surface area contributed by atoms with E-state index in [4.69, 9.17) is 9.05 Å². The SMILES string of the molecule is CCCCCCC/C=C\C/C=C\C/C=C\CCCCCCCCC(=O)NC(COP(=O)(O)OCC[N+](C)(C)C)C(O)CCCCCCCCCCCCCC. The van der Waals surface area contributed by atoms with Crippen LogP contribution in [0.5, 0.6) is 0 Å². The number of amides is 1. The molecule has 55 heavy (non-hydrogen) atoms. The first kappa shape index (κ1) is 53.7. The van der Waals surface area contributed by atoms with Crippen molar-refractivity contribution >= 4 is 13.7 Å². The standard InChI is InChI=1S/C46H89N2O6P/c1-6-8-10-12-14-16-18-20-21-22-23-24-25-26-27-28-30-32-34-36-38-40-46(50)47-44(43-54-55(51,52)53-42-41-48(3,4)5)45(49)39-37-35-33-31-29-19-17-15-13-11-9-7-2/h18,20,22-23,25-26,44-45,49H,6-17,19,21,24,27-43H2,1-5H3,(H-,47,50,51,52)/p+1/b20-18-,23-22-,26-25-. The van der Waals surface area contributed by atoms with Gasteiger partial charge in [0.1, 0.15) is 13.2 Å². The highest BCUT2D eigenvalue weighted by molar-refractivity contribution is 7.47. The summed E-state index contributed by atoms with van der Waals surface area (Å²) in [5.41, 5.74) is 0. The Hall–Kier alpha value is -1.28. The van der Waals surface area contributed by atoms with Crippen molar-refractivity contribution in [3.63, 3.8) is 0 Å². The lowest BCUT2D eigenvalue weighted by Crippen LogP contribution is -2.46. The molecule has 0 aromatic heterocycles. The fourth-order valence-corrected chi connectivity index (χ4v) is 7.20. The van der Waals surface area contributed by atoms with E-state index in [-0.39, 0.29) is 19.1 Å². The Morgan fingerprint density at radius 2 is 1.04 bits per heavy atom. The number of carbonyl (C=O) groups excluding carboxylic acids is 1. The van der Waals surface area contributed by atoms with Crippen molar-refractivity contribution in [2.75, 3.05) is 40.9 Å². The van der Waals surface area contributed by atoms with Gasteiger partial charge in [-0.2, -0.15) is 0 Å². The third-order valence-electron chi connectivity index (χ3n) is 10.1. The number of nitrogens with zero attached hydrogens (tertiary/aromatic N) is 1. The van der Waals surface area contributed by atoms with E-state index in [1.54, 1.807) is 0 Å². The zero-order valence-corrected chi connectivity index (χ0v) is 37.6. The van der Waals surface area contributed by atoms with Crippen LogP contribution < -0.4 is 5.32 Å². The van der Waals surface area contributed by atoms with Gasteiger partial charge in [0.05, 0.1) is 39.9 Å². The fraction of sp³-hybridized carbons (Fsp3) is 0.848. The van der Waals surface area contributed by atoms with Crippen molar-refractivity contribution in [1.29, 1.82) is 0 Å². The van der Waals surface area contributed by atoms with Crippen LogP contribution in [0.25, 0.3) is 0 Å². The van der Waals surface area contributed by atoms with Gasteiger partial charge in [0.15, 0.2) is 0 Å². The van der Waals surface area contributed by atoms with Crippen LogP contribution in [-0.4, -0.2) is 73.4 Å². The minimum atomic E-state index is -4.32. The summed E-state index contributed by atoms with van der Waals surface area (Å²) in [6.07, 6.45) is 45.9. The molecule has 0 bridgehead atoms. The van der Waals surface area contributed by atoms with Gasteiger partial charge in [0.2, 0.25) is 5.91 Å². The molecule has 0 saturated carbocycles. The summed E-state index contributed by atoms with van der Waals surface area (Å²) >= 11 is 0. The molecule has 0 heterocycles. The number of aliphatic hydroxyl groups is 1. The van der Waals surface area contributed by atoms with Gasteiger partial charge < -0.3 is 19.8 Å². The maximum atomic E-state index is 12.9. The van der Waals surface area contributed by atoms with Crippen molar-refractivity contribution in [2.24, 2.45) is 0 Å². The first-order valence-corrected chi connectivity index (χ1v) is 24.3. The number of carbonyl (C=O) groups is 1. The molecule has 0 radical (unpaired) electrons. The lowest BCUT2D eigenvalue weighted by atomic mass is 10.0. The number of unbranched alkanes of at least 4 members (excludes halogenated alkanes) is 22. The summed E-state index contributed by atoms with van der Waals surface area (Å²) in [5.74, 6) is -0.158. The van der Waals surface area contributed by atoms with E-state index in [1.807, 2.05) is 21.1 Å². The minimum Gasteiger partial charge on any atom is -0.391 e. The summed E-state index contributed by atoms with van der Waals surface area (Å²) in [6, 6.07) is -0.766. The summed E-state index contributed by atoms with van der Waals surface area (Å²) in [7, 11) is 1.60. The number of hydrogen-bond acceptors (Lipinski definition) is 5. The maximum Gasteiger partial charge on any atom is 0.472 e. The smallest absolute Gasteiger partial charge is 0.391 e. The third-order valence-corrected chi connectivity index (χ3v) is 11.1. The molecular weight excluding hydrogens is 707 g/mol. The number of allylic oxidation sites excluding steroid dienone is 6.